The highest BCUT2D eigenvalue weighted by Gasteiger charge is 2.23. The molecule has 1 aliphatic rings. The average molecular weight is 309 g/mol. The van der Waals surface area contributed by atoms with Crippen molar-refractivity contribution in [2.75, 3.05) is 0 Å². The fourth-order valence-electron chi connectivity index (χ4n) is 3.42. The molecule has 2 nitrogen and oxygen atoms in total. The first-order valence-corrected chi connectivity index (χ1v) is 8.33. The molecule has 1 aromatic heterocycles. The molecule has 21 heavy (non-hydrogen) atoms. The molecule has 4 heteroatoms. The predicted molar refractivity (Wildman–Crippen MR) is 85.4 cm³/mol. The molecule has 1 heterocycles. The molecule has 1 unspecified atom stereocenters. The molecular weight excluding hydrogens is 287 g/mol. The highest BCUT2D eigenvalue weighted by atomic mass is 35.5. The Hall–Kier alpha value is -1.09. The molecule has 114 valence electrons. The van der Waals surface area contributed by atoms with Crippen LogP contribution in [-0.4, -0.2) is 9.55 Å². The fourth-order valence-corrected chi connectivity index (χ4v) is 3.57. The molecule has 1 atom stereocenters. The minimum atomic E-state index is -0.193. The van der Waals surface area contributed by atoms with E-state index in [0.29, 0.717) is 11.6 Å². The number of alkyl halides is 1. The lowest BCUT2D eigenvalue weighted by Crippen LogP contribution is -2.12. The van der Waals surface area contributed by atoms with E-state index in [4.69, 9.17) is 11.6 Å². The van der Waals surface area contributed by atoms with Crippen LogP contribution in [0.3, 0.4) is 0 Å². The van der Waals surface area contributed by atoms with E-state index in [-0.39, 0.29) is 11.2 Å². The van der Waals surface area contributed by atoms with Gasteiger partial charge >= 0.3 is 0 Å². The number of nitrogens with zero attached hydrogens (tertiary/aromatic N) is 2. The minimum Gasteiger partial charge on any atom is -0.324 e. The van der Waals surface area contributed by atoms with E-state index in [1.807, 2.05) is 19.9 Å². The maximum absolute atomic E-state index is 13.8. The van der Waals surface area contributed by atoms with Gasteiger partial charge in [0.1, 0.15) is 11.6 Å². The quantitative estimate of drug-likeness (QED) is 0.515. The Labute approximate surface area is 130 Å². The number of rotatable bonds is 2. The van der Waals surface area contributed by atoms with Crippen LogP contribution in [0.15, 0.2) is 12.1 Å². The Bertz CT molecular complexity index is 640. The number of imidazole rings is 1. The zero-order chi connectivity index (χ0) is 15.0. The summed E-state index contributed by atoms with van der Waals surface area (Å²) in [6.07, 6.45) is 7.45. The second-order valence-electron chi connectivity index (χ2n) is 6.19. The zero-order valence-corrected chi connectivity index (χ0v) is 13.5. The third-order valence-corrected chi connectivity index (χ3v) is 4.74. The van der Waals surface area contributed by atoms with Gasteiger partial charge < -0.3 is 4.57 Å². The molecule has 3 rings (SSSR count). The van der Waals surface area contributed by atoms with Gasteiger partial charge in [-0.2, -0.15) is 0 Å². The molecule has 0 spiro atoms. The molecule has 0 amide bonds. The molecule has 1 saturated carbocycles. The molecule has 1 aliphatic carbocycles. The third kappa shape index (κ3) is 2.80. The van der Waals surface area contributed by atoms with Crippen LogP contribution in [0, 0.1) is 12.7 Å². The first kappa shape index (κ1) is 14.8. The number of aromatic nitrogens is 2. The lowest BCUT2D eigenvalue weighted by Gasteiger charge is -2.21. The second-order valence-corrected chi connectivity index (χ2v) is 6.85. The lowest BCUT2D eigenvalue weighted by atomic mass is 10.1. The molecule has 2 aromatic rings. The summed E-state index contributed by atoms with van der Waals surface area (Å²) in [7, 11) is 0. The first-order chi connectivity index (χ1) is 10.1. The lowest BCUT2D eigenvalue weighted by molar-refractivity contribution is 0.440. The fraction of sp³-hybridized carbons (Fsp3) is 0.588. The maximum Gasteiger partial charge on any atom is 0.128 e. The van der Waals surface area contributed by atoms with Gasteiger partial charge in [-0.25, -0.2) is 9.37 Å². The third-order valence-electron chi connectivity index (χ3n) is 4.54. The van der Waals surface area contributed by atoms with E-state index in [0.717, 1.165) is 16.9 Å². The average Bonchev–Trinajstić information content (AvgIpc) is 2.63. The molecule has 0 saturated heterocycles. The van der Waals surface area contributed by atoms with Crippen molar-refractivity contribution in [3.05, 3.63) is 29.3 Å². The van der Waals surface area contributed by atoms with Crippen molar-refractivity contribution in [2.24, 2.45) is 0 Å². The molecule has 0 radical (unpaired) electrons. The van der Waals surface area contributed by atoms with Crippen molar-refractivity contribution in [1.29, 1.82) is 0 Å². The number of aryl methyl sites for hydroxylation is 1. The van der Waals surface area contributed by atoms with Crippen molar-refractivity contribution < 1.29 is 4.39 Å². The molecule has 1 fully saturated rings. The topological polar surface area (TPSA) is 17.8 Å². The van der Waals surface area contributed by atoms with E-state index in [1.165, 1.54) is 38.5 Å². The van der Waals surface area contributed by atoms with Crippen LogP contribution < -0.4 is 0 Å². The second kappa shape index (κ2) is 5.96. The van der Waals surface area contributed by atoms with Crippen molar-refractivity contribution in [2.45, 2.75) is 63.8 Å². The summed E-state index contributed by atoms with van der Waals surface area (Å²) in [4.78, 5) is 4.61. The Morgan fingerprint density at radius 1 is 1.24 bits per heavy atom. The van der Waals surface area contributed by atoms with E-state index < -0.39 is 0 Å². The monoisotopic (exact) mass is 308 g/mol. The van der Waals surface area contributed by atoms with Crippen LogP contribution in [0.1, 0.15) is 68.3 Å². The number of halogens is 2. The van der Waals surface area contributed by atoms with Gasteiger partial charge in [0.2, 0.25) is 0 Å². The summed E-state index contributed by atoms with van der Waals surface area (Å²) < 4.78 is 16.1. The van der Waals surface area contributed by atoms with Gasteiger partial charge in [-0.3, -0.25) is 0 Å². The highest BCUT2D eigenvalue weighted by Crippen LogP contribution is 2.35. The summed E-state index contributed by atoms with van der Waals surface area (Å²) in [5, 5.41) is -0.163. The Morgan fingerprint density at radius 2 is 1.90 bits per heavy atom. The summed E-state index contributed by atoms with van der Waals surface area (Å²) in [6.45, 7) is 3.75. The Kier molecular flexibility index (Phi) is 4.21. The standard InChI is InChI=1S/C17H22ClFN2/c1-11-9-16-15(10-14(11)19)20-17(12(2)18)21(16)13-7-5-3-4-6-8-13/h9-10,12-13H,3-8H2,1-2H3. The number of hydrogen-bond donors (Lipinski definition) is 0. The number of hydrogen-bond acceptors (Lipinski definition) is 1. The van der Waals surface area contributed by atoms with E-state index in [9.17, 15) is 4.39 Å². The van der Waals surface area contributed by atoms with Crippen molar-refractivity contribution >= 4 is 22.6 Å². The van der Waals surface area contributed by atoms with Gasteiger partial charge in [-0.05, 0) is 38.3 Å². The van der Waals surface area contributed by atoms with Crippen LogP contribution in [-0.2, 0) is 0 Å². The Morgan fingerprint density at radius 3 is 2.52 bits per heavy atom. The smallest absolute Gasteiger partial charge is 0.128 e. The van der Waals surface area contributed by atoms with Crippen LogP contribution in [0.2, 0.25) is 0 Å². The van der Waals surface area contributed by atoms with Gasteiger partial charge in [-0.15, -0.1) is 11.6 Å². The normalized spacial score (nSPS) is 18.9. The SMILES string of the molecule is Cc1cc2c(cc1F)nc(C(C)Cl)n2C1CCCCCC1. The largest absolute Gasteiger partial charge is 0.324 e. The van der Waals surface area contributed by atoms with Gasteiger partial charge in [-0.1, -0.05) is 25.7 Å². The summed E-state index contributed by atoms with van der Waals surface area (Å²) in [5.41, 5.74) is 2.43. The van der Waals surface area contributed by atoms with Crippen LogP contribution in [0.5, 0.6) is 0 Å². The number of fused-ring (bicyclic) bond motifs is 1. The number of benzene rings is 1. The highest BCUT2D eigenvalue weighted by molar-refractivity contribution is 6.20. The van der Waals surface area contributed by atoms with Crippen LogP contribution >= 0.6 is 11.6 Å². The van der Waals surface area contributed by atoms with E-state index in [2.05, 4.69) is 9.55 Å². The van der Waals surface area contributed by atoms with Crippen molar-refractivity contribution in [1.82, 2.24) is 9.55 Å². The summed E-state index contributed by atoms with van der Waals surface area (Å²) in [5.74, 6) is 0.686. The molecular formula is C17H22ClFN2. The van der Waals surface area contributed by atoms with Crippen molar-refractivity contribution in [3.8, 4) is 0 Å². The van der Waals surface area contributed by atoms with Crippen LogP contribution in [0.4, 0.5) is 4.39 Å². The van der Waals surface area contributed by atoms with Gasteiger partial charge in [0, 0.05) is 12.1 Å². The first-order valence-electron chi connectivity index (χ1n) is 7.90. The molecule has 0 aliphatic heterocycles. The zero-order valence-electron chi connectivity index (χ0n) is 12.7. The van der Waals surface area contributed by atoms with E-state index >= 15 is 0 Å². The van der Waals surface area contributed by atoms with Gasteiger partial charge in [0.05, 0.1) is 16.4 Å². The molecule has 0 bridgehead atoms. The van der Waals surface area contributed by atoms with Gasteiger partial charge in [0.25, 0.3) is 0 Å². The molecule has 0 N–H and O–H groups in total. The molecule has 1 aromatic carbocycles. The summed E-state index contributed by atoms with van der Waals surface area (Å²) >= 11 is 6.34. The predicted octanol–water partition coefficient (Wildman–Crippen LogP) is 5.68. The van der Waals surface area contributed by atoms with Crippen molar-refractivity contribution in [3.63, 3.8) is 0 Å². The minimum absolute atomic E-state index is 0.163. The maximum atomic E-state index is 13.8. The van der Waals surface area contributed by atoms with Gasteiger partial charge in [0.15, 0.2) is 0 Å². The summed E-state index contributed by atoms with van der Waals surface area (Å²) in [6, 6.07) is 3.91. The Balaban J connectivity index is 2.17. The van der Waals surface area contributed by atoms with Crippen LogP contribution in [0.25, 0.3) is 11.0 Å². The van der Waals surface area contributed by atoms with E-state index in [1.54, 1.807) is 6.07 Å².